The Hall–Kier alpha value is -1.65. The second-order valence-electron chi connectivity index (χ2n) is 7.09. The van der Waals surface area contributed by atoms with Gasteiger partial charge in [0.25, 0.3) is 0 Å². The van der Waals surface area contributed by atoms with Crippen molar-refractivity contribution in [1.29, 1.82) is 0 Å². The fourth-order valence-corrected chi connectivity index (χ4v) is 5.34. The number of carbonyl (C=O) groups excluding carboxylic acids is 1. The molecule has 4 heteroatoms. The van der Waals surface area contributed by atoms with Gasteiger partial charge in [-0.2, -0.15) is 0 Å². The van der Waals surface area contributed by atoms with E-state index in [0.29, 0.717) is 6.54 Å². The van der Waals surface area contributed by atoms with Crippen LogP contribution in [0.25, 0.3) is 0 Å². The summed E-state index contributed by atoms with van der Waals surface area (Å²) in [4.78, 5) is 17.6. The highest BCUT2D eigenvalue weighted by Crippen LogP contribution is 2.42. The van der Waals surface area contributed by atoms with E-state index in [9.17, 15) is 4.79 Å². The zero-order chi connectivity index (χ0) is 18.0. The van der Waals surface area contributed by atoms with Crippen molar-refractivity contribution in [3.05, 3.63) is 56.8 Å². The van der Waals surface area contributed by atoms with Crippen molar-refractivity contribution in [3.8, 4) is 0 Å². The van der Waals surface area contributed by atoms with Crippen LogP contribution in [0.4, 0.5) is 0 Å². The minimum absolute atomic E-state index is 0.114. The normalized spacial score (nSPS) is 17.6. The Morgan fingerprint density at radius 2 is 2.04 bits per heavy atom. The van der Waals surface area contributed by atoms with E-state index in [1.54, 1.807) is 0 Å². The van der Waals surface area contributed by atoms with E-state index in [1.165, 1.54) is 26.4 Å². The topological polar surface area (TPSA) is 32.3 Å². The molecule has 2 aromatic rings. The first-order valence-corrected chi connectivity index (χ1v) is 10.0. The van der Waals surface area contributed by atoms with Gasteiger partial charge in [-0.25, -0.2) is 0 Å². The second kappa shape index (κ2) is 7.71. The van der Waals surface area contributed by atoms with Crippen LogP contribution in [-0.4, -0.2) is 29.9 Å². The molecule has 0 aliphatic carbocycles. The van der Waals surface area contributed by atoms with Gasteiger partial charge < -0.3 is 5.32 Å². The molecule has 1 aliphatic rings. The van der Waals surface area contributed by atoms with Crippen molar-refractivity contribution >= 4 is 17.2 Å². The fourth-order valence-electron chi connectivity index (χ4n) is 3.88. The Morgan fingerprint density at radius 3 is 2.68 bits per heavy atom. The third-order valence-corrected chi connectivity index (χ3v) is 6.12. The molecule has 0 radical (unpaired) electrons. The molecule has 2 heterocycles. The number of nitrogens with one attached hydrogen (secondary N) is 1. The fraction of sp³-hybridized carbons (Fsp3) is 0.476. The Morgan fingerprint density at radius 1 is 1.32 bits per heavy atom. The predicted octanol–water partition coefficient (Wildman–Crippen LogP) is 4.09. The molecule has 1 amide bonds. The molecule has 0 fully saturated rings. The molecular weight excluding hydrogens is 328 g/mol. The van der Waals surface area contributed by atoms with Crippen LogP contribution in [0.3, 0.4) is 0 Å². The zero-order valence-electron chi connectivity index (χ0n) is 15.6. The Bertz CT molecular complexity index is 736. The van der Waals surface area contributed by atoms with E-state index < -0.39 is 0 Å². The van der Waals surface area contributed by atoms with Gasteiger partial charge in [0.15, 0.2) is 0 Å². The summed E-state index contributed by atoms with van der Waals surface area (Å²) in [5.41, 5.74) is 4.33. The summed E-state index contributed by atoms with van der Waals surface area (Å²) >= 11 is 1.92. The lowest BCUT2D eigenvalue weighted by Gasteiger charge is -2.36. The number of hydrogen-bond donors (Lipinski definition) is 1. The van der Waals surface area contributed by atoms with Crippen molar-refractivity contribution in [2.45, 2.75) is 52.6 Å². The number of nitrogens with zero attached hydrogens (tertiary/aromatic N) is 1. The van der Waals surface area contributed by atoms with Gasteiger partial charge >= 0.3 is 0 Å². The van der Waals surface area contributed by atoms with E-state index in [-0.39, 0.29) is 18.0 Å². The molecular formula is C21H28N2OS. The summed E-state index contributed by atoms with van der Waals surface area (Å²) in [6.07, 6.45) is 2.13. The van der Waals surface area contributed by atoms with Crippen LogP contribution in [0.1, 0.15) is 53.3 Å². The van der Waals surface area contributed by atoms with Gasteiger partial charge in [0.1, 0.15) is 0 Å². The van der Waals surface area contributed by atoms with Crippen LogP contribution in [-0.2, 0) is 17.6 Å². The third-order valence-electron chi connectivity index (χ3n) is 4.88. The summed E-state index contributed by atoms with van der Waals surface area (Å²) in [5.74, 6) is 0.114. The van der Waals surface area contributed by atoms with E-state index in [0.717, 1.165) is 19.4 Å². The Kier molecular flexibility index (Phi) is 5.60. The summed E-state index contributed by atoms with van der Waals surface area (Å²) in [5, 5.41) is 3.04. The number of amides is 1. The number of fused-ring (bicyclic) bond motifs is 1. The summed E-state index contributed by atoms with van der Waals surface area (Å²) in [6, 6.07) is 11.0. The lowest BCUT2D eigenvalue weighted by atomic mass is 9.91. The Labute approximate surface area is 155 Å². The smallest absolute Gasteiger partial charge is 0.234 e. The maximum absolute atomic E-state index is 12.4. The molecule has 0 saturated carbocycles. The minimum Gasteiger partial charge on any atom is -0.353 e. The molecule has 1 N–H and O–H groups in total. The lowest BCUT2D eigenvalue weighted by molar-refractivity contribution is -0.123. The minimum atomic E-state index is 0.114. The zero-order valence-corrected chi connectivity index (χ0v) is 16.5. The van der Waals surface area contributed by atoms with Crippen LogP contribution < -0.4 is 5.32 Å². The molecule has 0 saturated heterocycles. The van der Waals surface area contributed by atoms with Gasteiger partial charge in [-0.1, -0.05) is 37.3 Å². The van der Waals surface area contributed by atoms with Crippen LogP contribution in [0.5, 0.6) is 0 Å². The van der Waals surface area contributed by atoms with E-state index in [2.05, 4.69) is 54.4 Å². The number of hydrogen-bond acceptors (Lipinski definition) is 3. The first kappa shape index (κ1) is 18.2. The monoisotopic (exact) mass is 356 g/mol. The van der Waals surface area contributed by atoms with Crippen molar-refractivity contribution in [2.24, 2.45) is 0 Å². The van der Waals surface area contributed by atoms with Gasteiger partial charge in [-0.15, -0.1) is 11.3 Å². The van der Waals surface area contributed by atoms with Crippen LogP contribution in [0, 0.1) is 6.92 Å². The number of aryl methyl sites for hydroxylation is 1. The predicted molar refractivity (Wildman–Crippen MR) is 105 cm³/mol. The van der Waals surface area contributed by atoms with Crippen LogP contribution >= 0.6 is 11.3 Å². The Balaban J connectivity index is 1.97. The SMILES string of the molecule is CCc1c(C)sc2c1CCN(CC(=O)NC(C)C)C2c1ccccc1. The first-order chi connectivity index (χ1) is 12.0. The molecule has 0 spiro atoms. The number of carbonyl (C=O) groups is 1. The molecule has 1 atom stereocenters. The van der Waals surface area contributed by atoms with Gasteiger partial charge in [-0.05, 0) is 50.3 Å². The quantitative estimate of drug-likeness (QED) is 0.875. The van der Waals surface area contributed by atoms with Gasteiger partial charge in [-0.3, -0.25) is 9.69 Å². The van der Waals surface area contributed by atoms with Crippen LogP contribution in [0.2, 0.25) is 0 Å². The maximum Gasteiger partial charge on any atom is 0.234 e. The molecule has 3 nitrogen and oxygen atoms in total. The molecule has 1 unspecified atom stereocenters. The van der Waals surface area contributed by atoms with E-state index in [1.807, 2.05) is 25.2 Å². The number of rotatable bonds is 5. The summed E-state index contributed by atoms with van der Waals surface area (Å²) < 4.78 is 0. The maximum atomic E-state index is 12.4. The second-order valence-corrected chi connectivity index (χ2v) is 8.35. The highest BCUT2D eigenvalue weighted by atomic mass is 32.1. The van der Waals surface area contributed by atoms with Crippen molar-refractivity contribution in [3.63, 3.8) is 0 Å². The van der Waals surface area contributed by atoms with E-state index >= 15 is 0 Å². The average Bonchev–Trinajstić information content (AvgIpc) is 2.89. The molecule has 1 aromatic carbocycles. The molecule has 0 bridgehead atoms. The first-order valence-electron chi connectivity index (χ1n) is 9.20. The third kappa shape index (κ3) is 3.80. The molecule has 134 valence electrons. The van der Waals surface area contributed by atoms with Crippen molar-refractivity contribution < 1.29 is 4.79 Å². The highest BCUT2D eigenvalue weighted by molar-refractivity contribution is 7.12. The molecule has 25 heavy (non-hydrogen) atoms. The average molecular weight is 357 g/mol. The molecule has 1 aliphatic heterocycles. The van der Waals surface area contributed by atoms with E-state index in [4.69, 9.17) is 0 Å². The summed E-state index contributed by atoms with van der Waals surface area (Å²) in [7, 11) is 0. The van der Waals surface area contributed by atoms with Crippen LogP contribution in [0.15, 0.2) is 30.3 Å². The number of thiophene rings is 1. The van der Waals surface area contributed by atoms with Gasteiger partial charge in [0, 0.05) is 22.3 Å². The molecule has 1 aromatic heterocycles. The van der Waals surface area contributed by atoms with Crippen molar-refractivity contribution in [2.75, 3.05) is 13.1 Å². The highest BCUT2D eigenvalue weighted by Gasteiger charge is 2.33. The lowest BCUT2D eigenvalue weighted by Crippen LogP contribution is -2.44. The largest absolute Gasteiger partial charge is 0.353 e. The standard InChI is InChI=1S/C21H28N2OS/c1-5-17-15(4)25-21-18(17)11-12-23(13-19(24)22-14(2)3)20(21)16-9-7-6-8-10-16/h6-10,14,20H,5,11-13H2,1-4H3,(H,22,24). The number of benzene rings is 1. The van der Waals surface area contributed by atoms with Crippen molar-refractivity contribution in [1.82, 2.24) is 10.2 Å². The summed E-state index contributed by atoms with van der Waals surface area (Å²) in [6.45, 7) is 9.89. The van der Waals surface area contributed by atoms with Gasteiger partial charge in [0.05, 0.1) is 12.6 Å². The molecule has 3 rings (SSSR count). The van der Waals surface area contributed by atoms with Gasteiger partial charge in [0.2, 0.25) is 5.91 Å².